The van der Waals surface area contributed by atoms with Gasteiger partial charge in [-0.05, 0) is 42.3 Å². The van der Waals surface area contributed by atoms with Gasteiger partial charge in [0.1, 0.15) is 5.82 Å². The lowest BCUT2D eigenvalue weighted by molar-refractivity contribution is -0.119. The number of hydrogen-bond donors (Lipinski definition) is 1. The summed E-state index contributed by atoms with van der Waals surface area (Å²) in [6.45, 7) is 2.10. The second-order valence-electron chi connectivity index (χ2n) is 7.69. The molecule has 0 radical (unpaired) electrons. The number of rotatable bonds is 5. The molecular formula is C26H24FN3O2. The van der Waals surface area contributed by atoms with Crippen molar-refractivity contribution in [2.45, 2.75) is 25.9 Å². The number of hydrogen-bond acceptors (Lipinski definition) is 3. The number of carbonyl (C=O) groups is 2. The zero-order valence-electron chi connectivity index (χ0n) is 18.0. The summed E-state index contributed by atoms with van der Waals surface area (Å²) in [5, 5.41) is 2.72. The summed E-state index contributed by atoms with van der Waals surface area (Å²) in [7, 11) is 1.62. The van der Waals surface area contributed by atoms with E-state index in [-0.39, 0.29) is 5.56 Å². The molecule has 1 atom stereocenters. The first-order valence-electron chi connectivity index (χ1n) is 10.6. The number of para-hydroxylation sites is 1. The number of benzene rings is 3. The second-order valence-corrected chi connectivity index (χ2v) is 7.69. The fraction of sp³-hybridized carbons (Fsp3) is 0.192. The highest BCUT2D eigenvalue weighted by molar-refractivity contribution is 6.20. The average molecular weight is 429 g/mol. The van der Waals surface area contributed by atoms with Crippen LogP contribution < -0.4 is 10.2 Å². The van der Waals surface area contributed by atoms with Crippen LogP contribution in [0.3, 0.4) is 0 Å². The number of aryl methyl sites for hydroxylation is 1. The number of fused-ring (bicyclic) bond motifs is 1. The van der Waals surface area contributed by atoms with E-state index < -0.39 is 23.8 Å². The number of amides is 2. The molecular weight excluding hydrogens is 405 g/mol. The van der Waals surface area contributed by atoms with Gasteiger partial charge in [0.05, 0.1) is 11.4 Å². The highest BCUT2D eigenvalue weighted by Crippen LogP contribution is 2.28. The Balaban J connectivity index is 1.73. The van der Waals surface area contributed by atoms with Crippen LogP contribution in [0, 0.1) is 5.82 Å². The molecule has 0 fully saturated rings. The number of nitrogens with one attached hydrogen (secondary N) is 1. The van der Waals surface area contributed by atoms with Crippen LogP contribution in [0.2, 0.25) is 0 Å². The van der Waals surface area contributed by atoms with Crippen LogP contribution in [0.1, 0.15) is 40.4 Å². The van der Waals surface area contributed by atoms with Crippen LogP contribution >= 0.6 is 0 Å². The maximum absolute atomic E-state index is 14.7. The lowest BCUT2D eigenvalue weighted by atomic mass is 10.00. The molecule has 32 heavy (non-hydrogen) atoms. The maximum atomic E-state index is 14.7. The van der Waals surface area contributed by atoms with Crippen molar-refractivity contribution >= 4 is 23.2 Å². The molecule has 0 aromatic heterocycles. The maximum Gasteiger partial charge on any atom is 0.272 e. The molecule has 162 valence electrons. The summed E-state index contributed by atoms with van der Waals surface area (Å²) < 4.78 is 14.7. The number of halogens is 1. The van der Waals surface area contributed by atoms with Gasteiger partial charge in [-0.15, -0.1) is 0 Å². The minimum atomic E-state index is -1.19. The molecule has 0 saturated carbocycles. The number of anilines is 1. The molecule has 0 spiro atoms. The van der Waals surface area contributed by atoms with E-state index in [0.717, 1.165) is 18.4 Å². The molecule has 0 bridgehead atoms. The first kappa shape index (κ1) is 21.4. The van der Waals surface area contributed by atoms with E-state index in [1.54, 1.807) is 55.6 Å². The van der Waals surface area contributed by atoms with Gasteiger partial charge in [0.15, 0.2) is 0 Å². The largest absolute Gasteiger partial charge is 0.322 e. The van der Waals surface area contributed by atoms with Gasteiger partial charge in [-0.3, -0.25) is 9.59 Å². The standard InChI is InChI=1S/C26H24FN3O2/c1-3-8-17-13-15-18(16-14-17)25(31)29-24-26(32)30(2)22-12-7-5-10-20(22)23(28-24)19-9-4-6-11-21(19)27/h4-7,9-16,24H,3,8H2,1-2H3,(H,29,31). The molecule has 1 unspecified atom stereocenters. The lowest BCUT2D eigenvalue weighted by Gasteiger charge is -2.21. The Labute approximate surface area is 186 Å². The topological polar surface area (TPSA) is 61.8 Å². The Hall–Kier alpha value is -3.80. The molecule has 5 nitrogen and oxygen atoms in total. The Morgan fingerprint density at radius 1 is 1.00 bits per heavy atom. The first-order chi connectivity index (χ1) is 15.5. The van der Waals surface area contributed by atoms with Gasteiger partial charge in [-0.25, -0.2) is 9.38 Å². The summed E-state index contributed by atoms with van der Waals surface area (Å²) >= 11 is 0. The zero-order chi connectivity index (χ0) is 22.7. The van der Waals surface area contributed by atoms with Gasteiger partial charge >= 0.3 is 0 Å². The lowest BCUT2D eigenvalue weighted by Crippen LogP contribution is -2.46. The van der Waals surface area contributed by atoms with Crippen molar-refractivity contribution in [1.29, 1.82) is 0 Å². The first-order valence-corrected chi connectivity index (χ1v) is 10.6. The van der Waals surface area contributed by atoms with Crippen molar-refractivity contribution in [2.24, 2.45) is 4.99 Å². The van der Waals surface area contributed by atoms with Crippen molar-refractivity contribution < 1.29 is 14.0 Å². The third-order valence-electron chi connectivity index (χ3n) is 5.49. The minimum Gasteiger partial charge on any atom is -0.322 e. The number of carbonyl (C=O) groups excluding carboxylic acids is 2. The third kappa shape index (κ3) is 4.17. The summed E-state index contributed by atoms with van der Waals surface area (Å²) in [5.41, 5.74) is 3.38. The molecule has 0 saturated heterocycles. The van der Waals surface area contributed by atoms with Crippen LogP contribution in [-0.2, 0) is 11.2 Å². The van der Waals surface area contributed by atoms with Crippen molar-refractivity contribution in [3.63, 3.8) is 0 Å². The average Bonchev–Trinajstić information content (AvgIpc) is 2.91. The van der Waals surface area contributed by atoms with Gasteiger partial charge in [0.2, 0.25) is 6.17 Å². The molecule has 2 amide bonds. The van der Waals surface area contributed by atoms with E-state index in [4.69, 9.17) is 0 Å². The molecule has 1 aliphatic heterocycles. The van der Waals surface area contributed by atoms with Crippen molar-refractivity contribution in [3.8, 4) is 0 Å². The molecule has 1 heterocycles. The van der Waals surface area contributed by atoms with Gasteiger partial charge < -0.3 is 10.2 Å². The number of aliphatic imine (C=N–C) groups is 1. The molecule has 3 aromatic carbocycles. The molecule has 1 aliphatic rings. The van der Waals surface area contributed by atoms with E-state index in [9.17, 15) is 14.0 Å². The second kappa shape index (κ2) is 9.14. The molecule has 1 N–H and O–H groups in total. The quantitative estimate of drug-likeness (QED) is 0.656. The zero-order valence-corrected chi connectivity index (χ0v) is 18.0. The monoisotopic (exact) mass is 429 g/mol. The van der Waals surface area contributed by atoms with E-state index in [1.807, 2.05) is 18.2 Å². The van der Waals surface area contributed by atoms with Crippen LogP contribution in [0.5, 0.6) is 0 Å². The van der Waals surface area contributed by atoms with Gasteiger partial charge in [0, 0.05) is 23.7 Å². The Kier molecular flexibility index (Phi) is 6.12. The van der Waals surface area contributed by atoms with Crippen molar-refractivity contribution in [3.05, 3.63) is 101 Å². The van der Waals surface area contributed by atoms with Crippen molar-refractivity contribution in [2.75, 3.05) is 11.9 Å². The molecule has 3 aromatic rings. The van der Waals surface area contributed by atoms with Crippen LogP contribution in [0.25, 0.3) is 0 Å². The smallest absolute Gasteiger partial charge is 0.272 e. The van der Waals surface area contributed by atoms with E-state index >= 15 is 0 Å². The Morgan fingerprint density at radius 3 is 2.34 bits per heavy atom. The number of nitrogens with zero attached hydrogens (tertiary/aromatic N) is 2. The third-order valence-corrected chi connectivity index (χ3v) is 5.49. The van der Waals surface area contributed by atoms with E-state index in [0.29, 0.717) is 22.5 Å². The van der Waals surface area contributed by atoms with E-state index in [1.165, 1.54) is 11.0 Å². The fourth-order valence-corrected chi connectivity index (χ4v) is 3.80. The minimum absolute atomic E-state index is 0.270. The number of likely N-dealkylation sites (N-methyl/N-ethyl adjacent to an activating group) is 1. The predicted octanol–water partition coefficient (Wildman–Crippen LogP) is 4.35. The molecule has 0 aliphatic carbocycles. The Bertz CT molecular complexity index is 1190. The van der Waals surface area contributed by atoms with Crippen LogP contribution in [0.4, 0.5) is 10.1 Å². The van der Waals surface area contributed by atoms with Gasteiger partial charge in [0.25, 0.3) is 11.8 Å². The van der Waals surface area contributed by atoms with Crippen LogP contribution in [0.15, 0.2) is 77.8 Å². The SMILES string of the molecule is CCCc1ccc(C(=O)NC2N=C(c3ccccc3F)c3ccccc3N(C)C2=O)cc1. The van der Waals surface area contributed by atoms with Crippen LogP contribution in [-0.4, -0.2) is 30.7 Å². The molecule has 6 heteroatoms. The summed E-state index contributed by atoms with van der Waals surface area (Å²) in [6.07, 6.45) is 0.759. The normalized spacial score (nSPS) is 15.6. The summed E-state index contributed by atoms with van der Waals surface area (Å²) in [4.78, 5) is 32.1. The van der Waals surface area contributed by atoms with Crippen molar-refractivity contribution in [1.82, 2.24) is 5.32 Å². The molecule has 4 rings (SSSR count). The van der Waals surface area contributed by atoms with Gasteiger partial charge in [-0.2, -0.15) is 0 Å². The van der Waals surface area contributed by atoms with E-state index in [2.05, 4.69) is 17.2 Å². The predicted molar refractivity (Wildman–Crippen MR) is 124 cm³/mol. The number of benzodiazepines with no additional fused rings is 1. The Morgan fingerprint density at radius 2 is 1.66 bits per heavy atom. The highest BCUT2D eigenvalue weighted by atomic mass is 19.1. The highest BCUT2D eigenvalue weighted by Gasteiger charge is 2.31. The van der Waals surface area contributed by atoms with Gasteiger partial charge in [-0.1, -0.05) is 55.8 Å². The summed E-state index contributed by atoms with van der Waals surface area (Å²) in [5.74, 6) is -1.27. The summed E-state index contributed by atoms with van der Waals surface area (Å²) in [6, 6.07) is 20.8. The fourth-order valence-electron chi connectivity index (χ4n) is 3.80.